The number of nitrogens with one attached hydrogen (secondary N) is 1. The number of aliphatic hydroxyl groups is 1. The molecule has 3 aliphatic rings. The molecule has 2 fully saturated rings. The second-order valence-electron chi connectivity index (χ2n) is 8.51. The molecule has 0 radical (unpaired) electrons. The molecule has 1 aliphatic carbocycles. The molecule has 2 N–H and O–H groups in total. The van der Waals surface area contributed by atoms with Crippen LogP contribution in [-0.2, 0) is 16.0 Å². The van der Waals surface area contributed by atoms with E-state index in [0.717, 1.165) is 43.6 Å². The topological polar surface area (TPSA) is 74.8 Å². The van der Waals surface area contributed by atoms with Gasteiger partial charge in [-0.2, -0.15) is 0 Å². The number of hydrogen-bond donors (Lipinski definition) is 2. The van der Waals surface area contributed by atoms with E-state index in [1.165, 1.54) is 23.8 Å². The lowest BCUT2D eigenvalue weighted by Crippen LogP contribution is -2.53. The fourth-order valence-corrected chi connectivity index (χ4v) is 6.04. The van der Waals surface area contributed by atoms with Crippen LogP contribution in [0.3, 0.4) is 0 Å². The van der Waals surface area contributed by atoms with Crippen molar-refractivity contribution in [1.82, 2.24) is 9.88 Å². The number of benzene rings is 1. The molecule has 2 aliphatic heterocycles. The van der Waals surface area contributed by atoms with Gasteiger partial charge in [-0.15, -0.1) is 0 Å². The maximum atomic E-state index is 12.4. The fraction of sp³-hybridized carbons (Fsp3) is 0.591. The van der Waals surface area contributed by atoms with Crippen molar-refractivity contribution in [3.05, 3.63) is 29.5 Å². The van der Waals surface area contributed by atoms with Crippen LogP contribution in [0.15, 0.2) is 18.2 Å². The standard InChI is InChI=1S/C22H28N2O4/c1-27-18-5-3-4-15-19(18)13-8-9-24-11-12-6-7-17(25)20(22(26)28-2)14(12)10-16(24)21(13)23-15/h3-5,12,14,16-17,20,23,25H,6-11H2,1-2H3/t12?,14?,16?,17-,20+/m1/s1. The van der Waals surface area contributed by atoms with Crippen molar-refractivity contribution in [2.45, 2.75) is 37.8 Å². The predicted octanol–water partition coefficient (Wildman–Crippen LogP) is 2.66. The number of aromatic nitrogens is 1. The van der Waals surface area contributed by atoms with Crippen molar-refractivity contribution < 1.29 is 19.4 Å². The Hall–Kier alpha value is -2.05. The number of carbonyl (C=O) groups is 1. The van der Waals surface area contributed by atoms with Crippen LogP contribution < -0.4 is 4.74 Å². The summed E-state index contributed by atoms with van der Waals surface area (Å²) < 4.78 is 10.7. The van der Waals surface area contributed by atoms with Gasteiger partial charge in [0.05, 0.1) is 32.3 Å². The van der Waals surface area contributed by atoms with Crippen LogP contribution in [0.4, 0.5) is 0 Å². The highest BCUT2D eigenvalue weighted by molar-refractivity contribution is 5.91. The highest BCUT2D eigenvalue weighted by atomic mass is 16.5. The average Bonchev–Trinajstić information content (AvgIpc) is 3.11. The lowest BCUT2D eigenvalue weighted by Gasteiger charge is -2.50. The second kappa shape index (κ2) is 6.78. The number of fused-ring (bicyclic) bond motifs is 6. The Morgan fingerprint density at radius 3 is 2.93 bits per heavy atom. The molecule has 6 nitrogen and oxygen atoms in total. The Kier molecular flexibility index (Phi) is 4.36. The normalized spacial score (nSPS) is 32.3. The van der Waals surface area contributed by atoms with Gasteiger partial charge in [0.25, 0.3) is 0 Å². The lowest BCUT2D eigenvalue weighted by molar-refractivity contribution is -0.160. The molecule has 1 saturated heterocycles. The third-order valence-electron chi connectivity index (χ3n) is 7.32. The number of nitrogens with zero attached hydrogens (tertiary/aromatic N) is 1. The summed E-state index contributed by atoms with van der Waals surface area (Å²) in [6.45, 7) is 2.01. The van der Waals surface area contributed by atoms with Gasteiger partial charge in [-0.1, -0.05) is 6.07 Å². The van der Waals surface area contributed by atoms with Crippen LogP contribution in [0.2, 0.25) is 0 Å². The molecule has 0 amide bonds. The van der Waals surface area contributed by atoms with Gasteiger partial charge >= 0.3 is 5.97 Å². The van der Waals surface area contributed by atoms with Gasteiger partial charge in [-0.05, 0) is 55.2 Å². The summed E-state index contributed by atoms with van der Waals surface area (Å²) in [5.41, 5.74) is 3.72. The third-order valence-corrected chi connectivity index (χ3v) is 7.32. The van der Waals surface area contributed by atoms with Crippen molar-refractivity contribution in [1.29, 1.82) is 0 Å². The van der Waals surface area contributed by atoms with E-state index < -0.39 is 12.0 Å². The van der Waals surface area contributed by atoms with Crippen LogP contribution in [0, 0.1) is 17.8 Å². The van der Waals surface area contributed by atoms with Crippen molar-refractivity contribution >= 4 is 16.9 Å². The van der Waals surface area contributed by atoms with E-state index >= 15 is 0 Å². The molecule has 5 rings (SSSR count). The number of carbonyl (C=O) groups excluding carboxylic acids is 1. The second-order valence-corrected chi connectivity index (χ2v) is 8.51. The molecule has 3 unspecified atom stereocenters. The summed E-state index contributed by atoms with van der Waals surface area (Å²) >= 11 is 0. The zero-order valence-electron chi connectivity index (χ0n) is 16.5. The zero-order valence-corrected chi connectivity index (χ0v) is 16.5. The monoisotopic (exact) mass is 384 g/mol. The van der Waals surface area contributed by atoms with Crippen molar-refractivity contribution in [3.63, 3.8) is 0 Å². The van der Waals surface area contributed by atoms with Crippen LogP contribution >= 0.6 is 0 Å². The summed E-state index contributed by atoms with van der Waals surface area (Å²) in [5, 5.41) is 11.7. The van der Waals surface area contributed by atoms with Gasteiger partial charge in [0.2, 0.25) is 0 Å². The minimum Gasteiger partial charge on any atom is -0.496 e. The molecule has 0 spiro atoms. The van der Waals surface area contributed by atoms with E-state index in [1.807, 2.05) is 12.1 Å². The van der Waals surface area contributed by atoms with E-state index in [0.29, 0.717) is 12.3 Å². The number of esters is 1. The quantitative estimate of drug-likeness (QED) is 0.779. The number of rotatable bonds is 2. The molecular formula is C22H28N2O4. The summed E-state index contributed by atoms with van der Waals surface area (Å²) in [4.78, 5) is 18.7. The van der Waals surface area contributed by atoms with Crippen LogP contribution in [0.5, 0.6) is 5.75 Å². The number of H-pyrrole nitrogens is 1. The summed E-state index contributed by atoms with van der Waals surface area (Å²) in [6, 6.07) is 6.39. The third kappa shape index (κ3) is 2.58. The highest BCUT2D eigenvalue weighted by Crippen LogP contribution is 2.50. The van der Waals surface area contributed by atoms with E-state index in [9.17, 15) is 9.90 Å². The van der Waals surface area contributed by atoms with Crippen molar-refractivity contribution in [2.24, 2.45) is 17.8 Å². The average molecular weight is 384 g/mol. The first kappa shape index (κ1) is 18.0. The first-order chi connectivity index (χ1) is 13.6. The van der Waals surface area contributed by atoms with Crippen LogP contribution in [0.1, 0.15) is 36.6 Å². The summed E-state index contributed by atoms with van der Waals surface area (Å²) in [5.74, 6) is 0.860. The van der Waals surface area contributed by atoms with E-state index in [-0.39, 0.29) is 17.9 Å². The lowest BCUT2D eigenvalue weighted by atomic mass is 9.65. The Balaban J connectivity index is 1.54. The highest BCUT2D eigenvalue weighted by Gasteiger charge is 2.49. The largest absolute Gasteiger partial charge is 0.496 e. The smallest absolute Gasteiger partial charge is 0.311 e. The first-order valence-electron chi connectivity index (χ1n) is 10.3. The first-order valence-corrected chi connectivity index (χ1v) is 10.3. The molecule has 1 aromatic carbocycles. The Morgan fingerprint density at radius 1 is 1.29 bits per heavy atom. The Labute approximate surface area is 164 Å². The fourth-order valence-electron chi connectivity index (χ4n) is 6.04. The maximum Gasteiger partial charge on any atom is 0.311 e. The number of methoxy groups -OCH3 is 2. The SMILES string of the molecule is COC(=O)[C@H]1C2CC3c4[nH]c5cccc(OC)c5c4CCN3CC2CC[C@H]1O. The molecule has 0 bridgehead atoms. The van der Waals surface area contributed by atoms with Crippen molar-refractivity contribution in [3.8, 4) is 5.75 Å². The number of piperidine rings is 1. The van der Waals surface area contributed by atoms with Gasteiger partial charge in [0, 0.05) is 29.7 Å². The molecule has 5 atom stereocenters. The predicted molar refractivity (Wildman–Crippen MR) is 105 cm³/mol. The number of aliphatic hydroxyl groups excluding tert-OH is 1. The summed E-state index contributed by atoms with van der Waals surface area (Å²) in [7, 11) is 3.15. The van der Waals surface area contributed by atoms with E-state index in [2.05, 4.69) is 16.0 Å². The minimum atomic E-state index is -0.592. The Bertz CT molecular complexity index is 907. The van der Waals surface area contributed by atoms with Gasteiger partial charge in [0.15, 0.2) is 0 Å². The van der Waals surface area contributed by atoms with Gasteiger partial charge in [-0.3, -0.25) is 9.69 Å². The van der Waals surface area contributed by atoms with Gasteiger partial charge < -0.3 is 19.6 Å². The summed E-state index contributed by atoms with van der Waals surface area (Å²) in [6.07, 6.45) is 2.96. The maximum absolute atomic E-state index is 12.4. The number of hydrogen-bond acceptors (Lipinski definition) is 5. The molecule has 3 heterocycles. The molecule has 150 valence electrons. The molecule has 1 aromatic heterocycles. The van der Waals surface area contributed by atoms with E-state index in [1.54, 1.807) is 7.11 Å². The molecule has 1 saturated carbocycles. The molecule has 2 aromatic rings. The van der Waals surface area contributed by atoms with Gasteiger partial charge in [0.1, 0.15) is 5.75 Å². The molecular weight excluding hydrogens is 356 g/mol. The zero-order chi connectivity index (χ0) is 19.4. The number of aromatic amines is 1. The number of ether oxygens (including phenoxy) is 2. The Morgan fingerprint density at radius 2 is 2.14 bits per heavy atom. The van der Waals surface area contributed by atoms with Crippen LogP contribution in [0.25, 0.3) is 10.9 Å². The van der Waals surface area contributed by atoms with E-state index in [4.69, 9.17) is 9.47 Å². The molecule has 28 heavy (non-hydrogen) atoms. The van der Waals surface area contributed by atoms with Gasteiger partial charge in [-0.25, -0.2) is 0 Å². The minimum absolute atomic E-state index is 0.164. The van der Waals surface area contributed by atoms with Crippen LogP contribution in [-0.4, -0.2) is 54.4 Å². The molecule has 6 heteroatoms. The van der Waals surface area contributed by atoms with Crippen molar-refractivity contribution in [2.75, 3.05) is 27.3 Å².